The van der Waals surface area contributed by atoms with Crippen LogP contribution in [-0.2, 0) is 0 Å². The molecule has 3 aliphatic rings. The standard InChI is InChI=1S/C15H24O2/c1-13(2)9-5-7-14(3,16)10-6-8-15(4,17)12(10)11(9)13/h6,9,11-12,16-17H,5,7-8H2,1-4H3. The molecule has 0 aromatic heterocycles. The van der Waals surface area contributed by atoms with E-state index in [-0.39, 0.29) is 5.92 Å². The third kappa shape index (κ3) is 1.40. The summed E-state index contributed by atoms with van der Waals surface area (Å²) in [5, 5.41) is 21.2. The second-order valence-corrected chi connectivity index (χ2v) is 7.46. The number of aliphatic hydroxyl groups is 2. The molecule has 0 aromatic rings. The van der Waals surface area contributed by atoms with Crippen molar-refractivity contribution in [1.82, 2.24) is 0 Å². The predicted octanol–water partition coefficient (Wildman–Crippen LogP) is 2.50. The van der Waals surface area contributed by atoms with Gasteiger partial charge in [0.1, 0.15) is 0 Å². The van der Waals surface area contributed by atoms with Gasteiger partial charge in [-0.05, 0) is 55.9 Å². The lowest BCUT2D eigenvalue weighted by Gasteiger charge is -2.35. The summed E-state index contributed by atoms with van der Waals surface area (Å²) in [6.45, 7) is 8.49. The summed E-state index contributed by atoms with van der Waals surface area (Å²) in [6, 6.07) is 0. The van der Waals surface area contributed by atoms with Crippen LogP contribution in [0.4, 0.5) is 0 Å². The fourth-order valence-corrected chi connectivity index (χ4v) is 4.62. The van der Waals surface area contributed by atoms with E-state index in [4.69, 9.17) is 0 Å². The SMILES string of the molecule is CC1(O)CCC2C(C3C1=CCC3(C)O)C2(C)C. The van der Waals surface area contributed by atoms with Crippen molar-refractivity contribution in [3.63, 3.8) is 0 Å². The molecule has 3 aliphatic carbocycles. The zero-order valence-electron chi connectivity index (χ0n) is 11.3. The Kier molecular flexibility index (Phi) is 2.05. The Morgan fingerprint density at radius 1 is 1.18 bits per heavy atom. The summed E-state index contributed by atoms with van der Waals surface area (Å²) >= 11 is 0. The Hall–Kier alpha value is -0.340. The lowest BCUT2D eigenvalue weighted by atomic mass is 9.76. The summed E-state index contributed by atoms with van der Waals surface area (Å²) in [4.78, 5) is 0. The van der Waals surface area contributed by atoms with E-state index in [0.29, 0.717) is 23.7 Å². The zero-order valence-corrected chi connectivity index (χ0v) is 11.3. The molecular formula is C15H24O2. The molecule has 0 aromatic carbocycles. The Bertz CT molecular complexity index is 390. The molecule has 5 atom stereocenters. The smallest absolute Gasteiger partial charge is 0.0832 e. The Morgan fingerprint density at radius 3 is 2.47 bits per heavy atom. The molecule has 96 valence electrons. The molecule has 5 unspecified atom stereocenters. The fourth-order valence-electron chi connectivity index (χ4n) is 4.62. The number of hydrogen-bond acceptors (Lipinski definition) is 2. The number of hydrogen-bond donors (Lipinski definition) is 2. The maximum Gasteiger partial charge on any atom is 0.0832 e. The van der Waals surface area contributed by atoms with Gasteiger partial charge in [-0.15, -0.1) is 0 Å². The maximum absolute atomic E-state index is 10.6. The highest BCUT2D eigenvalue weighted by Crippen LogP contribution is 2.70. The van der Waals surface area contributed by atoms with Crippen molar-refractivity contribution in [2.75, 3.05) is 0 Å². The lowest BCUT2D eigenvalue weighted by Crippen LogP contribution is -2.39. The van der Waals surface area contributed by atoms with Gasteiger partial charge in [0.05, 0.1) is 11.2 Å². The van der Waals surface area contributed by atoms with Crippen molar-refractivity contribution in [3.8, 4) is 0 Å². The molecule has 0 radical (unpaired) electrons. The summed E-state index contributed by atoms with van der Waals surface area (Å²) in [5.41, 5.74) is 0.101. The second-order valence-electron chi connectivity index (χ2n) is 7.46. The summed E-state index contributed by atoms with van der Waals surface area (Å²) < 4.78 is 0. The molecule has 0 bridgehead atoms. The molecule has 17 heavy (non-hydrogen) atoms. The van der Waals surface area contributed by atoms with Crippen molar-refractivity contribution in [1.29, 1.82) is 0 Å². The van der Waals surface area contributed by atoms with Gasteiger partial charge in [-0.2, -0.15) is 0 Å². The first-order valence-corrected chi connectivity index (χ1v) is 6.83. The largest absolute Gasteiger partial charge is 0.389 e. The van der Waals surface area contributed by atoms with Crippen LogP contribution in [0, 0.1) is 23.2 Å². The molecule has 0 aliphatic heterocycles. The van der Waals surface area contributed by atoms with Crippen LogP contribution in [0.25, 0.3) is 0 Å². The summed E-state index contributed by atoms with van der Waals surface area (Å²) in [7, 11) is 0. The van der Waals surface area contributed by atoms with Crippen LogP contribution in [0.2, 0.25) is 0 Å². The predicted molar refractivity (Wildman–Crippen MR) is 67.4 cm³/mol. The highest BCUT2D eigenvalue weighted by molar-refractivity contribution is 5.35. The van der Waals surface area contributed by atoms with Crippen LogP contribution in [-0.4, -0.2) is 21.4 Å². The summed E-state index contributed by atoms with van der Waals surface area (Å²) in [5.74, 6) is 1.40. The third-order valence-electron chi connectivity index (χ3n) is 5.80. The fraction of sp³-hybridized carbons (Fsp3) is 0.867. The Labute approximate surface area is 104 Å². The highest BCUT2D eigenvalue weighted by Gasteiger charge is 2.67. The van der Waals surface area contributed by atoms with Crippen molar-refractivity contribution in [2.45, 2.75) is 58.2 Å². The zero-order chi connectivity index (χ0) is 12.6. The van der Waals surface area contributed by atoms with Gasteiger partial charge in [-0.25, -0.2) is 0 Å². The van der Waals surface area contributed by atoms with Gasteiger partial charge in [-0.3, -0.25) is 0 Å². The van der Waals surface area contributed by atoms with Gasteiger partial charge < -0.3 is 10.2 Å². The monoisotopic (exact) mass is 236 g/mol. The average Bonchev–Trinajstić information content (AvgIpc) is 2.59. The molecule has 3 rings (SSSR count). The number of rotatable bonds is 0. The van der Waals surface area contributed by atoms with Crippen LogP contribution in [0.5, 0.6) is 0 Å². The van der Waals surface area contributed by atoms with Gasteiger partial charge >= 0.3 is 0 Å². The third-order valence-corrected chi connectivity index (χ3v) is 5.80. The maximum atomic E-state index is 10.6. The molecule has 2 saturated carbocycles. The Balaban J connectivity index is 2.04. The van der Waals surface area contributed by atoms with Crippen LogP contribution < -0.4 is 0 Å². The van der Waals surface area contributed by atoms with Crippen molar-refractivity contribution >= 4 is 0 Å². The average molecular weight is 236 g/mol. The molecule has 0 saturated heterocycles. The molecule has 0 amide bonds. The van der Waals surface area contributed by atoms with Crippen molar-refractivity contribution < 1.29 is 10.2 Å². The van der Waals surface area contributed by atoms with E-state index in [1.807, 2.05) is 13.8 Å². The molecule has 2 fully saturated rings. The quantitative estimate of drug-likeness (QED) is 0.634. The van der Waals surface area contributed by atoms with Gasteiger partial charge in [0.25, 0.3) is 0 Å². The molecule has 0 heterocycles. The lowest BCUT2D eigenvalue weighted by molar-refractivity contribution is -0.00345. The minimum absolute atomic E-state index is 0.167. The first-order chi connectivity index (χ1) is 7.68. The van der Waals surface area contributed by atoms with Crippen molar-refractivity contribution in [2.24, 2.45) is 23.2 Å². The van der Waals surface area contributed by atoms with E-state index in [2.05, 4.69) is 19.9 Å². The van der Waals surface area contributed by atoms with Crippen LogP contribution >= 0.6 is 0 Å². The van der Waals surface area contributed by atoms with E-state index in [1.54, 1.807) is 0 Å². The Morgan fingerprint density at radius 2 is 1.82 bits per heavy atom. The normalized spacial score (nSPS) is 55.6. The molecule has 2 N–H and O–H groups in total. The van der Waals surface area contributed by atoms with Crippen LogP contribution in [0.3, 0.4) is 0 Å². The first kappa shape index (κ1) is 11.7. The van der Waals surface area contributed by atoms with Crippen LogP contribution in [0.15, 0.2) is 11.6 Å². The number of fused-ring (bicyclic) bond motifs is 3. The topological polar surface area (TPSA) is 40.5 Å². The van der Waals surface area contributed by atoms with E-state index < -0.39 is 11.2 Å². The van der Waals surface area contributed by atoms with E-state index in [0.717, 1.165) is 18.4 Å². The molecular weight excluding hydrogens is 212 g/mol. The molecule has 2 heteroatoms. The van der Waals surface area contributed by atoms with Crippen LogP contribution in [0.1, 0.15) is 47.0 Å². The van der Waals surface area contributed by atoms with E-state index >= 15 is 0 Å². The minimum atomic E-state index is -0.700. The van der Waals surface area contributed by atoms with Gasteiger partial charge in [0, 0.05) is 5.92 Å². The second kappa shape index (κ2) is 2.97. The van der Waals surface area contributed by atoms with Gasteiger partial charge in [-0.1, -0.05) is 19.9 Å². The van der Waals surface area contributed by atoms with Gasteiger partial charge in [0.15, 0.2) is 0 Å². The minimum Gasteiger partial charge on any atom is -0.389 e. The molecule has 0 spiro atoms. The highest BCUT2D eigenvalue weighted by atomic mass is 16.3. The van der Waals surface area contributed by atoms with E-state index in [1.165, 1.54) is 0 Å². The molecule has 2 nitrogen and oxygen atoms in total. The van der Waals surface area contributed by atoms with Crippen molar-refractivity contribution in [3.05, 3.63) is 11.6 Å². The summed E-state index contributed by atoms with van der Waals surface area (Å²) in [6.07, 6.45) is 4.73. The van der Waals surface area contributed by atoms with Gasteiger partial charge in [0.2, 0.25) is 0 Å². The first-order valence-electron chi connectivity index (χ1n) is 6.83. The van der Waals surface area contributed by atoms with E-state index in [9.17, 15) is 10.2 Å².